The number of anilines is 1. The van der Waals surface area contributed by atoms with Gasteiger partial charge in [-0.15, -0.1) is 0 Å². The van der Waals surface area contributed by atoms with Crippen LogP contribution in [0.25, 0.3) is 0 Å². The van der Waals surface area contributed by atoms with Crippen LogP contribution < -0.4 is 16.0 Å². The molecule has 0 saturated carbocycles. The molecule has 0 saturated heterocycles. The predicted octanol–water partition coefficient (Wildman–Crippen LogP) is 1.98. The molecule has 0 unspecified atom stereocenters. The van der Waals surface area contributed by atoms with Gasteiger partial charge in [0.05, 0.1) is 17.8 Å². The zero-order valence-corrected chi connectivity index (χ0v) is 13.5. The van der Waals surface area contributed by atoms with E-state index in [0.717, 1.165) is 0 Å². The monoisotopic (exact) mass is 333 g/mol. The Hall–Kier alpha value is -2.90. The van der Waals surface area contributed by atoms with Crippen LogP contribution in [-0.2, 0) is 6.54 Å². The van der Waals surface area contributed by atoms with Gasteiger partial charge >= 0.3 is 6.03 Å². The van der Waals surface area contributed by atoms with Gasteiger partial charge in [-0.1, -0.05) is 6.07 Å². The molecular weight excluding hydrogens is 313 g/mol. The summed E-state index contributed by atoms with van der Waals surface area (Å²) in [5.74, 6) is -1.30. The number of nitrogens with one attached hydrogen (secondary N) is 3. The number of amides is 3. The van der Waals surface area contributed by atoms with Crippen molar-refractivity contribution < 1.29 is 14.0 Å². The minimum absolute atomic E-state index is 0.115. The standard InChI is InChI=1S/C16H20FN5O2/c1-3-18-16(24)21-13-7-4-6-12(17)14(13)15(23)20-11(2)10-22-9-5-8-19-22/h4-9,11H,3,10H2,1-2H3,(H,20,23)(H2,18,21,24)/t11-/m1/s1. The summed E-state index contributed by atoms with van der Waals surface area (Å²) < 4.78 is 15.8. The van der Waals surface area contributed by atoms with Crippen molar-refractivity contribution in [3.8, 4) is 0 Å². The summed E-state index contributed by atoms with van der Waals surface area (Å²) in [4.78, 5) is 24.1. The van der Waals surface area contributed by atoms with E-state index in [0.29, 0.717) is 13.1 Å². The molecule has 24 heavy (non-hydrogen) atoms. The molecule has 0 fully saturated rings. The normalized spacial score (nSPS) is 11.6. The van der Waals surface area contributed by atoms with E-state index < -0.39 is 17.8 Å². The minimum atomic E-state index is -0.701. The first-order chi connectivity index (χ1) is 11.5. The number of benzene rings is 1. The van der Waals surface area contributed by atoms with E-state index >= 15 is 0 Å². The van der Waals surface area contributed by atoms with Gasteiger partial charge in [0.2, 0.25) is 0 Å². The SMILES string of the molecule is CCNC(=O)Nc1cccc(F)c1C(=O)N[C@H](C)Cn1cccn1. The van der Waals surface area contributed by atoms with E-state index in [1.807, 2.05) is 0 Å². The molecule has 2 aromatic rings. The van der Waals surface area contributed by atoms with Crippen molar-refractivity contribution in [3.63, 3.8) is 0 Å². The first-order valence-corrected chi connectivity index (χ1v) is 7.63. The predicted molar refractivity (Wildman–Crippen MR) is 88.3 cm³/mol. The summed E-state index contributed by atoms with van der Waals surface area (Å²) in [6, 6.07) is 5.10. The fraction of sp³-hybridized carbons (Fsp3) is 0.312. The van der Waals surface area contributed by atoms with Gasteiger partial charge in [0.1, 0.15) is 5.82 Å². The molecule has 3 amide bonds. The number of urea groups is 1. The Morgan fingerprint density at radius 2 is 2.12 bits per heavy atom. The van der Waals surface area contributed by atoms with Crippen LogP contribution in [0.5, 0.6) is 0 Å². The van der Waals surface area contributed by atoms with Gasteiger partial charge in [-0.05, 0) is 32.0 Å². The molecule has 8 heteroatoms. The average Bonchev–Trinajstić information content (AvgIpc) is 3.00. The first kappa shape index (κ1) is 17.5. The van der Waals surface area contributed by atoms with Crippen LogP contribution in [0.2, 0.25) is 0 Å². The molecule has 2 rings (SSSR count). The summed E-state index contributed by atoms with van der Waals surface area (Å²) in [5.41, 5.74) is -0.0826. The lowest BCUT2D eigenvalue weighted by Crippen LogP contribution is -2.37. The van der Waals surface area contributed by atoms with Crippen molar-refractivity contribution in [1.82, 2.24) is 20.4 Å². The van der Waals surface area contributed by atoms with Gasteiger partial charge in [-0.3, -0.25) is 9.48 Å². The third-order valence-corrected chi connectivity index (χ3v) is 3.22. The molecule has 0 spiro atoms. The number of aromatic nitrogens is 2. The summed E-state index contributed by atoms with van der Waals surface area (Å²) in [6.07, 6.45) is 3.41. The average molecular weight is 333 g/mol. The molecule has 1 aromatic carbocycles. The number of hydrogen-bond acceptors (Lipinski definition) is 3. The highest BCUT2D eigenvalue weighted by Crippen LogP contribution is 2.19. The van der Waals surface area contributed by atoms with Crippen LogP contribution in [0.4, 0.5) is 14.9 Å². The summed E-state index contributed by atoms with van der Waals surface area (Å²) in [7, 11) is 0. The van der Waals surface area contributed by atoms with Gasteiger partial charge < -0.3 is 16.0 Å². The Morgan fingerprint density at radius 1 is 1.33 bits per heavy atom. The maximum Gasteiger partial charge on any atom is 0.319 e. The van der Waals surface area contributed by atoms with Crippen molar-refractivity contribution in [1.29, 1.82) is 0 Å². The van der Waals surface area contributed by atoms with Gasteiger partial charge in [-0.2, -0.15) is 5.10 Å². The lowest BCUT2D eigenvalue weighted by atomic mass is 10.1. The Labute approximate surface area is 139 Å². The fourth-order valence-electron chi connectivity index (χ4n) is 2.22. The zero-order valence-electron chi connectivity index (χ0n) is 13.5. The summed E-state index contributed by atoms with van der Waals surface area (Å²) >= 11 is 0. The molecule has 1 aromatic heterocycles. The number of carbonyl (C=O) groups is 2. The quantitative estimate of drug-likeness (QED) is 0.755. The Kier molecular flexibility index (Phi) is 5.89. The van der Waals surface area contributed by atoms with E-state index in [4.69, 9.17) is 0 Å². The second-order valence-corrected chi connectivity index (χ2v) is 5.25. The molecule has 3 N–H and O–H groups in total. The van der Waals surface area contributed by atoms with Crippen molar-refractivity contribution >= 4 is 17.6 Å². The molecule has 1 heterocycles. The maximum absolute atomic E-state index is 14.1. The lowest BCUT2D eigenvalue weighted by molar-refractivity contribution is 0.0933. The van der Waals surface area contributed by atoms with E-state index in [1.54, 1.807) is 37.0 Å². The zero-order chi connectivity index (χ0) is 17.5. The Morgan fingerprint density at radius 3 is 2.79 bits per heavy atom. The number of nitrogens with zero attached hydrogens (tertiary/aromatic N) is 2. The van der Waals surface area contributed by atoms with E-state index in [-0.39, 0.29) is 17.3 Å². The smallest absolute Gasteiger partial charge is 0.319 e. The van der Waals surface area contributed by atoms with Crippen LogP contribution in [0.1, 0.15) is 24.2 Å². The molecule has 1 atom stereocenters. The summed E-state index contributed by atoms with van der Waals surface area (Å²) in [6.45, 7) is 4.42. The van der Waals surface area contributed by atoms with E-state index in [9.17, 15) is 14.0 Å². The van der Waals surface area contributed by atoms with Crippen LogP contribution in [0.3, 0.4) is 0 Å². The third-order valence-electron chi connectivity index (χ3n) is 3.22. The van der Waals surface area contributed by atoms with Crippen LogP contribution in [0, 0.1) is 5.82 Å². The highest BCUT2D eigenvalue weighted by atomic mass is 19.1. The molecule has 0 aliphatic heterocycles. The first-order valence-electron chi connectivity index (χ1n) is 7.63. The van der Waals surface area contributed by atoms with E-state index in [2.05, 4.69) is 21.0 Å². The second kappa shape index (κ2) is 8.09. The molecular formula is C16H20FN5O2. The minimum Gasteiger partial charge on any atom is -0.348 e. The summed E-state index contributed by atoms with van der Waals surface area (Å²) in [5, 5.41) is 11.8. The highest BCUT2D eigenvalue weighted by Gasteiger charge is 2.19. The molecule has 128 valence electrons. The van der Waals surface area contributed by atoms with Gasteiger partial charge in [0.15, 0.2) is 0 Å². The molecule has 0 radical (unpaired) electrons. The van der Waals surface area contributed by atoms with Crippen molar-refractivity contribution in [3.05, 3.63) is 48.0 Å². The topological polar surface area (TPSA) is 88.0 Å². The fourth-order valence-corrected chi connectivity index (χ4v) is 2.22. The van der Waals surface area contributed by atoms with Crippen LogP contribution in [-0.4, -0.2) is 34.3 Å². The van der Waals surface area contributed by atoms with Gasteiger partial charge in [0.25, 0.3) is 5.91 Å². The maximum atomic E-state index is 14.1. The number of carbonyl (C=O) groups excluding carboxylic acids is 2. The highest BCUT2D eigenvalue weighted by molar-refractivity contribution is 6.03. The Bertz CT molecular complexity index is 702. The van der Waals surface area contributed by atoms with Crippen molar-refractivity contribution in [2.45, 2.75) is 26.4 Å². The molecule has 0 aliphatic carbocycles. The largest absolute Gasteiger partial charge is 0.348 e. The van der Waals surface area contributed by atoms with Crippen LogP contribution in [0.15, 0.2) is 36.7 Å². The van der Waals surface area contributed by atoms with Gasteiger partial charge in [-0.25, -0.2) is 9.18 Å². The van der Waals surface area contributed by atoms with Gasteiger partial charge in [0, 0.05) is 25.0 Å². The molecule has 7 nitrogen and oxygen atoms in total. The second-order valence-electron chi connectivity index (χ2n) is 5.25. The number of hydrogen-bond donors (Lipinski definition) is 3. The Balaban J connectivity index is 2.11. The van der Waals surface area contributed by atoms with Crippen molar-refractivity contribution in [2.24, 2.45) is 0 Å². The van der Waals surface area contributed by atoms with E-state index in [1.165, 1.54) is 18.2 Å². The third kappa shape index (κ3) is 4.55. The number of halogens is 1. The van der Waals surface area contributed by atoms with Crippen LogP contribution >= 0.6 is 0 Å². The molecule has 0 bridgehead atoms. The lowest BCUT2D eigenvalue weighted by Gasteiger charge is -2.16. The number of rotatable bonds is 6. The molecule has 0 aliphatic rings. The van der Waals surface area contributed by atoms with Crippen molar-refractivity contribution in [2.75, 3.05) is 11.9 Å².